The molecule has 1 N–H and O–H groups in total. The van der Waals surface area contributed by atoms with Crippen molar-refractivity contribution >= 4 is 17.7 Å². The highest BCUT2D eigenvalue weighted by Gasteiger charge is 2.49. The molecule has 2 aromatic rings. The molecule has 0 spiro atoms. The second-order valence-electron chi connectivity index (χ2n) is 10.5. The van der Waals surface area contributed by atoms with Gasteiger partial charge < -0.3 is 31.5 Å². The lowest BCUT2D eigenvalue weighted by Crippen LogP contribution is -3.00. The summed E-state index contributed by atoms with van der Waals surface area (Å²) in [5.74, 6) is 1.55. The largest absolute Gasteiger partial charge is 1.00 e. The minimum absolute atomic E-state index is 0. The minimum atomic E-state index is -0.0641. The van der Waals surface area contributed by atoms with Gasteiger partial charge in [-0.15, -0.1) is 0 Å². The number of hydrogen-bond acceptors (Lipinski definition) is 4. The van der Waals surface area contributed by atoms with Gasteiger partial charge in [0.2, 0.25) is 0 Å². The SMILES string of the molecule is O=C(C[N+]12CCC(CC1)[C@@H](OC(=O)C1CCCC(c3ccccc3)CC1)C2)Nc1ccccn1.[Br-]. The number of anilines is 1. The number of hydrogen-bond donors (Lipinski definition) is 1. The van der Waals surface area contributed by atoms with Gasteiger partial charge in [-0.05, 0) is 49.3 Å². The van der Waals surface area contributed by atoms with E-state index in [0.29, 0.717) is 28.7 Å². The fourth-order valence-electron chi connectivity index (χ4n) is 6.34. The lowest BCUT2D eigenvalue weighted by Gasteiger charge is -2.51. The Labute approximate surface area is 218 Å². The van der Waals surface area contributed by atoms with E-state index in [9.17, 15) is 9.59 Å². The first-order valence-corrected chi connectivity index (χ1v) is 12.9. The van der Waals surface area contributed by atoms with Gasteiger partial charge >= 0.3 is 5.97 Å². The zero-order valence-corrected chi connectivity index (χ0v) is 21.9. The number of amides is 1. The molecule has 1 aromatic carbocycles. The van der Waals surface area contributed by atoms with Crippen LogP contribution in [0.1, 0.15) is 56.4 Å². The van der Waals surface area contributed by atoms with E-state index < -0.39 is 0 Å². The molecule has 35 heavy (non-hydrogen) atoms. The number of fused-ring (bicyclic) bond motifs is 3. The Hall–Kier alpha value is -2.25. The number of aromatic nitrogens is 1. The van der Waals surface area contributed by atoms with Crippen LogP contribution in [0.2, 0.25) is 0 Å². The Balaban J connectivity index is 0.00000289. The summed E-state index contributed by atoms with van der Waals surface area (Å²) in [6.07, 6.45) is 8.75. The van der Waals surface area contributed by atoms with E-state index >= 15 is 0 Å². The van der Waals surface area contributed by atoms with Crippen LogP contribution in [0.3, 0.4) is 0 Å². The number of quaternary nitrogens is 1. The number of nitrogens with zero attached hydrogens (tertiary/aromatic N) is 2. The van der Waals surface area contributed by atoms with Gasteiger partial charge in [0.15, 0.2) is 12.6 Å². The summed E-state index contributed by atoms with van der Waals surface area (Å²) in [6, 6.07) is 16.2. The predicted octanol–water partition coefficient (Wildman–Crippen LogP) is 1.54. The highest BCUT2D eigenvalue weighted by molar-refractivity contribution is 5.90. The van der Waals surface area contributed by atoms with Crippen LogP contribution in [0, 0.1) is 11.8 Å². The van der Waals surface area contributed by atoms with Crippen LogP contribution in [-0.4, -0.2) is 53.6 Å². The highest BCUT2D eigenvalue weighted by Crippen LogP contribution is 2.38. The summed E-state index contributed by atoms with van der Waals surface area (Å²) in [5, 5.41) is 2.92. The monoisotopic (exact) mass is 541 g/mol. The molecule has 3 aliphatic heterocycles. The van der Waals surface area contributed by atoms with Crippen LogP contribution in [0.5, 0.6) is 0 Å². The van der Waals surface area contributed by atoms with E-state index in [0.717, 1.165) is 64.6 Å². The molecule has 1 saturated carbocycles. The number of benzene rings is 1. The molecule has 1 aromatic heterocycles. The Morgan fingerprint density at radius 3 is 2.46 bits per heavy atom. The van der Waals surface area contributed by atoms with Crippen LogP contribution in [-0.2, 0) is 14.3 Å². The van der Waals surface area contributed by atoms with Crippen molar-refractivity contribution in [3.8, 4) is 0 Å². The minimum Gasteiger partial charge on any atom is -1.00 e. The Morgan fingerprint density at radius 1 is 0.943 bits per heavy atom. The average molecular weight is 543 g/mol. The maximum atomic E-state index is 13.2. The molecule has 4 fully saturated rings. The van der Waals surface area contributed by atoms with Crippen molar-refractivity contribution in [1.82, 2.24) is 4.98 Å². The number of piperidine rings is 3. The van der Waals surface area contributed by atoms with Gasteiger partial charge in [-0.1, -0.05) is 42.8 Å². The van der Waals surface area contributed by atoms with Crippen molar-refractivity contribution in [1.29, 1.82) is 0 Å². The summed E-state index contributed by atoms with van der Waals surface area (Å²) >= 11 is 0. The van der Waals surface area contributed by atoms with Crippen LogP contribution >= 0.6 is 0 Å². The number of rotatable bonds is 6. The van der Waals surface area contributed by atoms with Gasteiger partial charge in [0.25, 0.3) is 5.91 Å². The van der Waals surface area contributed by atoms with Gasteiger partial charge in [-0.3, -0.25) is 9.59 Å². The van der Waals surface area contributed by atoms with Gasteiger partial charge in [-0.2, -0.15) is 0 Å². The number of carbonyl (C=O) groups excluding carboxylic acids is 2. The number of nitrogens with one attached hydrogen (secondary N) is 1. The van der Waals surface area contributed by atoms with Crippen LogP contribution < -0.4 is 22.3 Å². The predicted molar refractivity (Wildman–Crippen MR) is 131 cm³/mol. The zero-order valence-electron chi connectivity index (χ0n) is 20.3. The molecule has 4 heterocycles. The summed E-state index contributed by atoms with van der Waals surface area (Å²) in [4.78, 5) is 30.1. The van der Waals surface area contributed by atoms with E-state index in [4.69, 9.17) is 4.74 Å². The summed E-state index contributed by atoms with van der Waals surface area (Å²) in [6.45, 7) is 3.14. The molecule has 2 unspecified atom stereocenters. The van der Waals surface area contributed by atoms with Gasteiger partial charge in [0.1, 0.15) is 12.4 Å². The van der Waals surface area contributed by atoms with Crippen LogP contribution in [0.15, 0.2) is 54.7 Å². The molecule has 6 nitrogen and oxygen atoms in total. The molecular weight excluding hydrogens is 506 g/mol. The van der Waals surface area contributed by atoms with Crippen molar-refractivity contribution in [2.75, 3.05) is 31.5 Å². The molecule has 1 aliphatic carbocycles. The Morgan fingerprint density at radius 2 is 1.71 bits per heavy atom. The highest BCUT2D eigenvalue weighted by atomic mass is 79.9. The molecule has 7 heteroatoms. The lowest BCUT2D eigenvalue weighted by molar-refractivity contribution is -0.939. The van der Waals surface area contributed by atoms with Crippen molar-refractivity contribution in [3.63, 3.8) is 0 Å². The molecule has 3 saturated heterocycles. The van der Waals surface area contributed by atoms with Gasteiger partial charge in [-0.25, -0.2) is 4.98 Å². The fraction of sp³-hybridized carbons (Fsp3) is 0.536. The number of ether oxygens (including phenoxy) is 1. The number of halogens is 1. The van der Waals surface area contributed by atoms with Gasteiger partial charge in [0, 0.05) is 25.0 Å². The number of pyridine rings is 1. The molecule has 1 amide bonds. The lowest BCUT2D eigenvalue weighted by atomic mass is 9.83. The topological polar surface area (TPSA) is 68.3 Å². The van der Waals surface area contributed by atoms with Crippen LogP contribution in [0.4, 0.5) is 5.82 Å². The van der Waals surface area contributed by atoms with Crippen molar-refractivity contribution in [2.45, 2.75) is 57.0 Å². The van der Waals surface area contributed by atoms with Crippen LogP contribution in [0.25, 0.3) is 0 Å². The molecule has 4 aliphatic rings. The normalized spacial score (nSPS) is 29.9. The van der Waals surface area contributed by atoms with E-state index in [1.807, 2.05) is 12.1 Å². The third-order valence-electron chi connectivity index (χ3n) is 8.29. The molecule has 188 valence electrons. The smallest absolute Gasteiger partial charge is 0.309 e. The second kappa shape index (κ2) is 11.7. The third kappa shape index (κ3) is 6.31. The average Bonchev–Trinajstić information content (AvgIpc) is 3.12. The summed E-state index contributed by atoms with van der Waals surface area (Å²) in [7, 11) is 0. The number of carbonyl (C=O) groups is 2. The maximum absolute atomic E-state index is 13.2. The zero-order chi connectivity index (χ0) is 23.4. The first-order chi connectivity index (χ1) is 16.6. The Kier molecular flexibility index (Phi) is 8.60. The van der Waals surface area contributed by atoms with E-state index in [2.05, 4.69) is 40.6 Å². The van der Waals surface area contributed by atoms with Crippen molar-refractivity contribution in [2.24, 2.45) is 11.8 Å². The van der Waals surface area contributed by atoms with Gasteiger partial charge in [0.05, 0.1) is 19.0 Å². The summed E-state index contributed by atoms with van der Waals surface area (Å²) < 4.78 is 6.90. The molecule has 6 rings (SSSR count). The maximum Gasteiger partial charge on any atom is 0.309 e. The second-order valence-corrected chi connectivity index (χ2v) is 10.5. The van der Waals surface area contributed by atoms with E-state index in [-0.39, 0.29) is 40.9 Å². The third-order valence-corrected chi connectivity index (χ3v) is 8.29. The quantitative estimate of drug-likeness (QED) is 0.342. The summed E-state index contributed by atoms with van der Waals surface area (Å²) in [5.41, 5.74) is 1.39. The van der Waals surface area contributed by atoms with E-state index in [1.54, 1.807) is 12.3 Å². The first-order valence-electron chi connectivity index (χ1n) is 12.9. The molecular formula is C28H36BrN3O3. The molecule has 3 atom stereocenters. The fourth-order valence-corrected chi connectivity index (χ4v) is 6.34. The number of esters is 1. The Bertz CT molecular complexity index is 979. The first kappa shape index (κ1) is 25.8. The van der Waals surface area contributed by atoms with Crippen molar-refractivity contribution in [3.05, 3.63) is 60.3 Å². The molecule has 2 bridgehead atoms. The van der Waals surface area contributed by atoms with Crippen molar-refractivity contribution < 1.29 is 35.8 Å². The molecule has 0 radical (unpaired) electrons. The standard InChI is InChI=1S/C28H35N3O3.BrH/c32-27(30-26-11-4-5-16-29-26)20-31-17-14-23(15-18-31)25(19-31)34-28(33)24-10-6-9-22(12-13-24)21-7-2-1-3-8-21;/h1-5,7-8,11,16,22-25H,6,9-10,12-15,17-20H2;1H/t22?,23?,24?,25-,31?;/m0./s1. The van der Waals surface area contributed by atoms with E-state index in [1.165, 1.54) is 5.56 Å².